The number of carbonyl (C=O) groups is 2. The number of amides is 1. The second kappa shape index (κ2) is 7.97. The highest BCUT2D eigenvalue weighted by atomic mass is 16.5. The quantitative estimate of drug-likeness (QED) is 0.838. The summed E-state index contributed by atoms with van der Waals surface area (Å²) >= 11 is 0. The van der Waals surface area contributed by atoms with Gasteiger partial charge in [-0.15, -0.1) is 0 Å². The van der Waals surface area contributed by atoms with Gasteiger partial charge in [0.05, 0.1) is 18.2 Å². The third-order valence-corrected chi connectivity index (χ3v) is 3.63. The largest absolute Gasteiger partial charge is 0.486 e. The van der Waals surface area contributed by atoms with Crippen LogP contribution in [0.4, 0.5) is 0 Å². The molecule has 1 aliphatic heterocycles. The number of hydrogen-bond acceptors (Lipinski definition) is 4. The normalized spacial score (nSPS) is 21.0. The lowest BCUT2D eigenvalue weighted by molar-refractivity contribution is -0.124. The van der Waals surface area contributed by atoms with Gasteiger partial charge >= 0.3 is 5.97 Å². The van der Waals surface area contributed by atoms with Crippen LogP contribution in [-0.4, -0.2) is 42.3 Å². The Morgan fingerprint density at radius 3 is 2.65 bits per heavy atom. The summed E-state index contributed by atoms with van der Waals surface area (Å²) in [6.45, 7) is 4.99. The van der Waals surface area contributed by atoms with E-state index in [2.05, 4.69) is 5.32 Å². The zero-order chi connectivity index (χ0) is 16.8. The molecule has 1 aromatic carbocycles. The summed E-state index contributed by atoms with van der Waals surface area (Å²) in [5.74, 6) is -0.0931. The molecule has 2 N–H and O–H groups in total. The smallest absolute Gasteiger partial charge is 0.335 e. The fourth-order valence-corrected chi connectivity index (χ4v) is 2.48. The average molecular weight is 321 g/mol. The van der Waals surface area contributed by atoms with Gasteiger partial charge in [0.15, 0.2) is 0 Å². The van der Waals surface area contributed by atoms with Gasteiger partial charge in [0, 0.05) is 13.0 Å². The molecule has 0 bridgehead atoms. The highest BCUT2D eigenvalue weighted by Gasteiger charge is 2.29. The third-order valence-electron chi connectivity index (χ3n) is 3.63. The Balaban J connectivity index is 1.97. The van der Waals surface area contributed by atoms with Crippen LogP contribution in [-0.2, 0) is 9.53 Å². The molecule has 1 heterocycles. The van der Waals surface area contributed by atoms with Crippen molar-refractivity contribution >= 4 is 11.9 Å². The summed E-state index contributed by atoms with van der Waals surface area (Å²) in [5.41, 5.74) is 0.207. The molecule has 0 aromatic heterocycles. The molecular formula is C17H23NO5. The molecular weight excluding hydrogens is 298 g/mol. The number of nitrogens with one attached hydrogen (secondary N) is 1. The molecule has 1 amide bonds. The third kappa shape index (κ3) is 5.25. The Hall–Kier alpha value is -2.08. The van der Waals surface area contributed by atoms with Gasteiger partial charge < -0.3 is 19.9 Å². The molecule has 6 nitrogen and oxygen atoms in total. The number of hydrogen-bond donors (Lipinski definition) is 2. The van der Waals surface area contributed by atoms with Crippen molar-refractivity contribution in [2.45, 2.75) is 38.8 Å². The molecule has 1 saturated heterocycles. The molecule has 2 atom stereocenters. The summed E-state index contributed by atoms with van der Waals surface area (Å²) < 4.78 is 11.3. The lowest BCUT2D eigenvalue weighted by Gasteiger charge is -2.32. The van der Waals surface area contributed by atoms with Gasteiger partial charge in [-0.25, -0.2) is 4.79 Å². The van der Waals surface area contributed by atoms with Gasteiger partial charge in [-0.3, -0.25) is 4.79 Å². The van der Waals surface area contributed by atoms with Gasteiger partial charge in [0.2, 0.25) is 5.91 Å². The van der Waals surface area contributed by atoms with Crippen molar-refractivity contribution < 1.29 is 24.2 Å². The monoisotopic (exact) mass is 321 g/mol. The Kier molecular flexibility index (Phi) is 5.98. The number of carbonyl (C=O) groups excluding carboxylic acids is 1. The fourth-order valence-electron chi connectivity index (χ4n) is 2.48. The van der Waals surface area contributed by atoms with Gasteiger partial charge in [-0.05, 0) is 36.6 Å². The van der Waals surface area contributed by atoms with Crippen LogP contribution in [0.2, 0.25) is 0 Å². The molecule has 2 rings (SSSR count). The van der Waals surface area contributed by atoms with Gasteiger partial charge in [-0.1, -0.05) is 13.8 Å². The van der Waals surface area contributed by atoms with Crippen molar-refractivity contribution in [3.05, 3.63) is 29.8 Å². The summed E-state index contributed by atoms with van der Waals surface area (Å²) in [6.07, 6.45) is 0.898. The first-order chi connectivity index (χ1) is 11.0. The van der Waals surface area contributed by atoms with E-state index in [-0.39, 0.29) is 23.6 Å². The van der Waals surface area contributed by atoms with E-state index in [1.807, 2.05) is 13.8 Å². The van der Waals surface area contributed by atoms with Crippen molar-refractivity contribution in [3.63, 3.8) is 0 Å². The van der Waals surface area contributed by atoms with Crippen LogP contribution < -0.4 is 10.1 Å². The number of aromatic carboxylic acids is 1. The van der Waals surface area contributed by atoms with E-state index in [0.29, 0.717) is 37.7 Å². The van der Waals surface area contributed by atoms with Crippen molar-refractivity contribution in [3.8, 4) is 5.75 Å². The highest BCUT2D eigenvalue weighted by Crippen LogP contribution is 2.19. The predicted molar refractivity (Wildman–Crippen MR) is 84.6 cm³/mol. The minimum Gasteiger partial charge on any atom is -0.486 e. The molecule has 0 aliphatic carbocycles. The second-order valence-corrected chi connectivity index (χ2v) is 6.12. The molecule has 0 radical (unpaired) electrons. The summed E-state index contributed by atoms with van der Waals surface area (Å²) in [5, 5.41) is 11.9. The topological polar surface area (TPSA) is 84.9 Å². The maximum atomic E-state index is 12.0. The lowest BCUT2D eigenvalue weighted by Crippen LogP contribution is -2.51. The first-order valence-electron chi connectivity index (χ1n) is 7.83. The molecule has 0 spiro atoms. The van der Waals surface area contributed by atoms with Crippen LogP contribution in [0, 0.1) is 5.92 Å². The molecule has 23 heavy (non-hydrogen) atoms. The van der Waals surface area contributed by atoms with E-state index in [1.165, 1.54) is 12.1 Å². The molecule has 6 heteroatoms. The van der Waals surface area contributed by atoms with Crippen molar-refractivity contribution in [1.82, 2.24) is 5.32 Å². The summed E-state index contributed by atoms with van der Waals surface area (Å²) in [6, 6.07) is 6.12. The van der Waals surface area contributed by atoms with E-state index in [1.54, 1.807) is 12.1 Å². The maximum absolute atomic E-state index is 12.0. The first kappa shape index (κ1) is 17.3. The maximum Gasteiger partial charge on any atom is 0.335 e. The Bertz CT molecular complexity index is 540. The zero-order valence-electron chi connectivity index (χ0n) is 13.5. The molecule has 1 aliphatic rings. The Labute approximate surface area is 135 Å². The zero-order valence-corrected chi connectivity index (χ0v) is 13.5. The average Bonchev–Trinajstić information content (AvgIpc) is 2.49. The van der Waals surface area contributed by atoms with Crippen LogP contribution in [0.1, 0.15) is 37.0 Å². The molecule has 1 fully saturated rings. The van der Waals surface area contributed by atoms with E-state index in [0.717, 1.165) is 0 Å². The summed E-state index contributed by atoms with van der Waals surface area (Å²) in [4.78, 5) is 22.8. The Morgan fingerprint density at radius 1 is 1.35 bits per heavy atom. The standard InChI is InChI=1S/C17H23NO5/c1-11(2)9-16(19)18-14-7-8-22-10-15(14)23-13-5-3-12(4-6-13)17(20)21/h3-6,11,14-15H,7-10H2,1-2H3,(H,18,19)(H,20,21)/t14-,15-/m1/s1. The molecule has 126 valence electrons. The SMILES string of the molecule is CC(C)CC(=O)N[C@@H]1CCOC[C@H]1Oc1ccc(C(=O)O)cc1. The van der Waals surface area contributed by atoms with Gasteiger partial charge in [0.25, 0.3) is 0 Å². The van der Waals surface area contributed by atoms with Crippen molar-refractivity contribution in [2.24, 2.45) is 5.92 Å². The second-order valence-electron chi connectivity index (χ2n) is 6.12. The summed E-state index contributed by atoms with van der Waals surface area (Å²) in [7, 11) is 0. The predicted octanol–water partition coefficient (Wildman–Crippen LogP) is 2.08. The number of carboxylic acid groups (broad SMARTS) is 1. The van der Waals surface area contributed by atoms with Crippen LogP contribution in [0.3, 0.4) is 0 Å². The van der Waals surface area contributed by atoms with Crippen LogP contribution >= 0.6 is 0 Å². The fraction of sp³-hybridized carbons (Fsp3) is 0.529. The molecule has 0 unspecified atom stereocenters. The lowest BCUT2D eigenvalue weighted by atomic mass is 10.0. The van der Waals surface area contributed by atoms with Crippen molar-refractivity contribution in [2.75, 3.05) is 13.2 Å². The number of carboxylic acids is 1. The van der Waals surface area contributed by atoms with Gasteiger partial charge in [0.1, 0.15) is 11.9 Å². The number of ether oxygens (including phenoxy) is 2. The van der Waals surface area contributed by atoms with E-state index < -0.39 is 5.97 Å². The van der Waals surface area contributed by atoms with Gasteiger partial charge in [-0.2, -0.15) is 0 Å². The first-order valence-corrected chi connectivity index (χ1v) is 7.83. The van der Waals surface area contributed by atoms with E-state index in [4.69, 9.17) is 14.6 Å². The van der Waals surface area contributed by atoms with E-state index in [9.17, 15) is 9.59 Å². The minimum atomic E-state index is -0.976. The Morgan fingerprint density at radius 2 is 2.04 bits per heavy atom. The van der Waals surface area contributed by atoms with Crippen molar-refractivity contribution in [1.29, 1.82) is 0 Å². The van der Waals surface area contributed by atoms with Crippen LogP contribution in [0.5, 0.6) is 5.75 Å². The number of rotatable bonds is 6. The van der Waals surface area contributed by atoms with Crippen LogP contribution in [0.25, 0.3) is 0 Å². The number of benzene rings is 1. The van der Waals surface area contributed by atoms with Crippen LogP contribution in [0.15, 0.2) is 24.3 Å². The minimum absolute atomic E-state index is 0.0155. The molecule has 1 aromatic rings. The molecule has 0 saturated carbocycles. The van der Waals surface area contributed by atoms with E-state index >= 15 is 0 Å². The highest BCUT2D eigenvalue weighted by molar-refractivity contribution is 5.87.